The van der Waals surface area contributed by atoms with Crippen LogP contribution in [-0.2, 0) is 4.79 Å². The van der Waals surface area contributed by atoms with E-state index in [0.29, 0.717) is 10.0 Å². The van der Waals surface area contributed by atoms with Crippen LogP contribution >= 0.6 is 36.2 Å². The van der Waals surface area contributed by atoms with Crippen molar-refractivity contribution in [1.82, 2.24) is 16.2 Å². The van der Waals surface area contributed by atoms with E-state index >= 15 is 0 Å². The zero-order valence-electron chi connectivity index (χ0n) is 12.9. The first-order valence-corrected chi connectivity index (χ1v) is 8.83. The minimum Gasteiger partial charge on any atom is -0.481 e. The highest BCUT2D eigenvalue weighted by Crippen LogP contribution is 2.00. The van der Waals surface area contributed by atoms with E-state index in [1.54, 1.807) is 0 Å². The Morgan fingerprint density at radius 1 is 1.29 bits per heavy atom. The third kappa shape index (κ3) is 8.56. The van der Waals surface area contributed by atoms with Crippen molar-refractivity contribution in [2.24, 2.45) is 10.2 Å². The zero-order valence-corrected chi connectivity index (χ0v) is 15.3. The maximum absolute atomic E-state index is 10.5. The largest absolute Gasteiger partial charge is 0.481 e. The molecule has 1 rings (SSSR count). The van der Waals surface area contributed by atoms with Gasteiger partial charge in [-0.1, -0.05) is 54.3 Å². The van der Waals surface area contributed by atoms with Gasteiger partial charge in [-0.3, -0.25) is 15.6 Å². The van der Waals surface area contributed by atoms with E-state index in [1.807, 2.05) is 36.6 Å². The maximum Gasteiger partial charge on any atom is 0.305 e. The fourth-order valence-electron chi connectivity index (χ4n) is 1.40. The van der Waals surface area contributed by atoms with Crippen LogP contribution in [0.1, 0.15) is 12.0 Å². The molecule has 0 spiro atoms. The summed E-state index contributed by atoms with van der Waals surface area (Å²) in [6, 6.07) is 9.40. The van der Waals surface area contributed by atoms with Gasteiger partial charge in [-0.15, -0.1) is 0 Å². The molecule has 0 aliphatic carbocycles. The van der Waals surface area contributed by atoms with Crippen molar-refractivity contribution in [3.8, 4) is 0 Å². The van der Waals surface area contributed by atoms with Crippen molar-refractivity contribution in [2.45, 2.75) is 6.42 Å². The topological polar surface area (TPSA) is 98.1 Å². The second kappa shape index (κ2) is 11.5. The first-order chi connectivity index (χ1) is 11.5. The van der Waals surface area contributed by atoms with Gasteiger partial charge in [0.05, 0.1) is 12.6 Å². The molecule has 0 aliphatic heterocycles. The number of nitrogens with one attached hydrogen (secondary N) is 3. The molecular formula is C14H17N5O2S3. The highest BCUT2D eigenvalue weighted by atomic mass is 32.2. The van der Waals surface area contributed by atoms with Gasteiger partial charge in [0.25, 0.3) is 0 Å². The summed E-state index contributed by atoms with van der Waals surface area (Å²) in [5.41, 5.74) is 6.74. The predicted molar refractivity (Wildman–Crippen MR) is 107 cm³/mol. The average molecular weight is 384 g/mol. The van der Waals surface area contributed by atoms with Gasteiger partial charge in [-0.05, 0) is 18.5 Å². The van der Waals surface area contributed by atoms with Gasteiger partial charge in [0, 0.05) is 12.1 Å². The molecule has 0 bridgehead atoms. The Morgan fingerprint density at radius 2 is 2.00 bits per heavy atom. The third-order valence-corrected chi connectivity index (χ3v) is 3.79. The Balaban J connectivity index is 2.72. The third-order valence-electron chi connectivity index (χ3n) is 2.50. The first kappa shape index (κ1) is 20.0. The molecule has 0 aromatic heterocycles. The van der Waals surface area contributed by atoms with Crippen LogP contribution in [0.4, 0.5) is 0 Å². The van der Waals surface area contributed by atoms with E-state index in [9.17, 15) is 4.79 Å². The van der Waals surface area contributed by atoms with Crippen LogP contribution in [0.2, 0.25) is 0 Å². The highest BCUT2D eigenvalue weighted by molar-refractivity contribution is 8.22. The molecule has 0 radical (unpaired) electrons. The highest BCUT2D eigenvalue weighted by Gasteiger charge is 2.02. The van der Waals surface area contributed by atoms with Crippen LogP contribution in [0.25, 0.3) is 0 Å². The molecule has 0 saturated carbocycles. The van der Waals surface area contributed by atoms with Crippen LogP contribution < -0.4 is 16.2 Å². The molecule has 0 atom stereocenters. The number of carboxylic acid groups (broad SMARTS) is 1. The Bertz CT molecular complexity index is 635. The van der Waals surface area contributed by atoms with Crippen molar-refractivity contribution in [3.63, 3.8) is 0 Å². The molecule has 24 heavy (non-hydrogen) atoms. The van der Waals surface area contributed by atoms with Crippen LogP contribution in [-0.4, -0.2) is 45.2 Å². The van der Waals surface area contributed by atoms with Crippen molar-refractivity contribution in [2.75, 3.05) is 12.8 Å². The van der Waals surface area contributed by atoms with Gasteiger partial charge in [-0.2, -0.15) is 10.2 Å². The number of thioether (sulfide) groups is 1. The summed E-state index contributed by atoms with van der Waals surface area (Å²) < 4.78 is 0.539. The van der Waals surface area contributed by atoms with Crippen LogP contribution in [0.3, 0.4) is 0 Å². The summed E-state index contributed by atoms with van der Waals surface area (Å²) in [4.78, 5) is 10.5. The van der Waals surface area contributed by atoms with Gasteiger partial charge in [0.2, 0.25) is 0 Å². The van der Waals surface area contributed by atoms with E-state index in [1.165, 1.54) is 18.0 Å². The van der Waals surface area contributed by atoms with Crippen LogP contribution in [0.5, 0.6) is 0 Å². The summed E-state index contributed by atoms with van der Waals surface area (Å²) in [7, 11) is 0. The Labute approximate surface area is 155 Å². The molecule has 1 aromatic carbocycles. The molecule has 0 amide bonds. The van der Waals surface area contributed by atoms with E-state index < -0.39 is 5.97 Å². The smallest absolute Gasteiger partial charge is 0.305 e. The van der Waals surface area contributed by atoms with Gasteiger partial charge < -0.3 is 10.4 Å². The minimum atomic E-state index is -0.901. The average Bonchev–Trinajstić information content (AvgIpc) is 2.58. The maximum atomic E-state index is 10.5. The van der Waals surface area contributed by atoms with Crippen molar-refractivity contribution >= 4 is 63.5 Å². The first-order valence-electron chi connectivity index (χ1n) is 6.78. The lowest BCUT2D eigenvalue weighted by atomic mass is 10.1. The molecular weight excluding hydrogens is 366 g/mol. The molecule has 0 fully saturated rings. The van der Waals surface area contributed by atoms with Gasteiger partial charge >= 0.3 is 5.97 Å². The van der Waals surface area contributed by atoms with Crippen LogP contribution in [0.15, 0.2) is 40.5 Å². The fourth-order valence-corrected chi connectivity index (χ4v) is 1.75. The Morgan fingerprint density at radius 3 is 2.62 bits per heavy atom. The summed E-state index contributed by atoms with van der Waals surface area (Å²) >= 11 is 11.4. The number of aliphatic carboxylic acids is 1. The van der Waals surface area contributed by atoms with Crippen molar-refractivity contribution in [1.29, 1.82) is 0 Å². The number of thiocarbonyl (C=S) groups is 2. The number of hydrazone groups is 2. The second-order valence-electron chi connectivity index (χ2n) is 4.24. The molecule has 0 saturated heterocycles. The summed E-state index contributed by atoms with van der Waals surface area (Å²) in [5, 5.41) is 19.8. The monoisotopic (exact) mass is 383 g/mol. The van der Waals surface area contributed by atoms with Gasteiger partial charge in [0.15, 0.2) is 9.43 Å². The minimum absolute atomic E-state index is 0.0332. The molecule has 0 unspecified atom stereocenters. The normalized spacial score (nSPS) is 11.1. The van der Waals surface area contributed by atoms with Crippen molar-refractivity contribution < 1.29 is 9.90 Å². The quantitative estimate of drug-likeness (QED) is 0.320. The molecule has 7 nitrogen and oxygen atoms in total. The van der Waals surface area contributed by atoms with Crippen LogP contribution in [0, 0.1) is 0 Å². The summed E-state index contributed by atoms with van der Waals surface area (Å²) in [6.45, 7) is 0.217. The summed E-state index contributed by atoms with van der Waals surface area (Å²) in [5.74, 6) is -0.901. The Kier molecular flexibility index (Phi) is 9.58. The lowest BCUT2D eigenvalue weighted by Gasteiger charge is -2.07. The number of carboxylic acids is 1. The van der Waals surface area contributed by atoms with E-state index in [4.69, 9.17) is 29.5 Å². The number of rotatable bonds is 7. The number of hydrogen-bond acceptors (Lipinski definition) is 6. The van der Waals surface area contributed by atoms with Gasteiger partial charge in [-0.25, -0.2) is 0 Å². The SMILES string of the molecule is CSC(=S)N/N=C/C(=N/NC(=S)NCCC(=O)O)c1ccccc1. The van der Waals surface area contributed by atoms with E-state index in [2.05, 4.69) is 26.4 Å². The standard InChI is InChI=1S/C14H17N5O2S3/c1-24-14(23)19-16-9-11(10-5-3-2-4-6-10)17-18-13(22)15-8-7-12(20)21/h2-6,9H,7-8H2,1H3,(H,19,23)(H,20,21)(H2,15,18,22)/b16-9+,17-11-. The lowest BCUT2D eigenvalue weighted by Crippen LogP contribution is -2.34. The number of carbonyl (C=O) groups is 1. The van der Waals surface area contributed by atoms with E-state index in [-0.39, 0.29) is 18.1 Å². The van der Waals surface area contributed by atoms with Crippen molar-refractivity contribution in [3.05, 3.63) is 35.9 Å². The molecule has 0 heterocycles. The molecule has 1 aromatic rings. The summed E-state index contributed by atoms with van der Waals surface area (Å²) in [6.07, 6.45) is 3.33. The fraction of sp³-hybridized carbons (Fsp3) is 0.214. The second-order valence-corrected chi connectivity index (χ2v) is 6.13. The van der Waals surface area contributed by atoms with Gasteiger partial charge in [0.1, 0.15) is 5.71 Å². The molecule has 0 aliphatic rings. The molecule has 128 valence electrons. The zero-order chi connectivity index (χ0) is 17.8. The molecule has 4 N–H and O–H groups in total. The van der Waals surface area contributed by atoms with E-state index in [0.717, 1.165) is 5.56 Å². The number of hydrogen-bond donors (Lipinski definition) is 4. The lowest BCUT2D eigenvalue weighted by molar-refractivity contribution is -0.136. The number of benzene rings is 1. The number of nitrogens with zero attached hydrogens (tertiary/aromatic N) is 2. The molecule has 10 heteroatoms. The Hall–Kier alpha value is -2.04. The predicted octanol–water partition coefficient (Wildman–Crippen LogP) is 1.55.